The van der Waals surface area contributed by atoms with Crippen molar-refractivity contribution in [3.63, 3.8) is 0 Å². The van der Waals surface area contributed by atoms with Crippen molar-refractivity contribution in [3.8, 4) is 0 Å². The maximum Gasteiger partial charge on any atom is 0.252 e. The fourth-order valence-corrected chi connectivity index (χ4v) is 2.30. The highest BCUT2D eigenvalue weighted by Crippen LogP contribution is 2.31. The molecule has 6 heteroatoms. The number of aliphatic hydroxyl groups is 1. The molecule has 1 aliphatic carbocycles. The van der Waals surface area contributed by atoms with Gasteiger partial charge < -0.3 is 10.4 Å². The van der Waals surface area contributed by atoms with Crippen LogP contribution < -0.4 is 5.32 Å². The Morgan fingerprint density at radius 1 is 1.41 bits per heavy atom. The first kappa shape index (κ1) is 12.6. The van der Waals surface area contributed by atoms with Crippen molar-refractivity contribution >= 4 is 29.1 Å². The van der Waals surface area contributed by atoms with E-state index in [4.69, 9.17) is 23.2 Å². The van der Waals surface area contributed by atoms with E-state index in [-0.39, 0.29) is 22.8 Å². The third-order valence-electron chi connectivity index (χ3n) is 3.02. The van der Waals surface area contributed by atoms with Crippen LogP contribution in [-0.2, 0) is 0 Å². The summed E-state index contributed by atoms with van der Waals surface area (Å²) in [6.07, 6.45) is 2.60. The number of nitrogens with one attached hydrogen (secondary N) is 1. The van der Waals surface area contributed by atoms with Crippen LogP contribution in [0.3, 0.4) is 0 Å². The van der Waals surface area contributed by atoms with Crippen LogP contribution in [0.5, 0.6) is 0 Å². The Balaban J connectivity index is 2.14. The zero-order valence-corrected chi connectivity index (χ0v) is 10.6. The zero-order valence-electron chi connectivity index (χ0n) is 9.04. The molecule has 0 aromatic carbocycles. The molecule has 0 unspecified atom stereocenters. The highest BCUT2D eigenvalue weighted by molar-refractivity contribution is 6.33. The van der Waals surface area contributed by atoms with Gasteiger partial charge in [0, 0.05) is 5.56 Å². The summed E-state index contributed by atoms with van der Waals surface area (Å²) in [7, 11) is 0. The van der Waals surface area contributed by atoms with Gasteiger partial charge in [-0.3, -0.25) is 4.79 Å². The Morgan fingerprint density at radius 3 is 2.41 bits per heavy atom. The number of nitrogens with zero attached hydrogens (tertiary/aromatic N) is 1. The summed E-state index contributed by atoms with van der Waals surface area (Å²) >= 11 is 11.4. The van der Waals surface area contributed by atoms with Crippen molar-refractivity contribution in [2.45, 2.75) is 24.8 Å². The van der Waals surface area contributed by atoms with Crippen LogP contribution >= 0.6 is 23.2 Å². The molecule has 0 atom stereocenters. The monoisotopic (exact) mass is 274 g/mol. The Bertz CT molecular complexity index is 421. The third-order valence-corrected chi connectivity index (χ3v) is 3.40. The van der Waals surface area contributed by atoms with E-state index in [0.29, 0.717) is 5.56 Å². The minimum absolute atomic E-state index is 0.0503. The van der Waals surface area contributed by atoms with Gasteiger partial charge in [-0.1, -0.05) is 23.2 Å². The van der Waals surface area contributed by atoms with Gasteiger partial charge in [0.05, 0.1) is 12.1 Å². The van der Waals surface area contributed by atoms with Gasteiger partial charge in [-0.05, 0) is 31.4 Å². The van der Waals surface area contributed by atoms with Gasteiger partial charge in [-0.15, -0.1) is 0 Å². The average Bonchev–Trinajstić information content (AvgIpc) is 2.21. The van der Waals surface area contributed by atoms with Crippen LogP contribution in [0.1, 0.15) is 29.6 Å². The molecule has 17 heavy (non-hydrogen) atoms. The molecule has 0 bridgehead atoms. The molecule has 1 saturated carbocycles. The summed E-state index contributed by atoms with van der Waals surface area (Å²) in [5.74, 6) is -0.287. The summed E-state index contributed by atoms with van der Waals surface area (Å²) in [6, 6.07) is 2.90. The van der Waals surface area contributed by atoms with Gasteiger partial charge in [0.15, 0.2) is 0 Å². The van der Waals surface area contributed by atoms with E-state index in [0.717, 1.165) is 19.3 Å². The maximum absolute atomic E-state index is 11.9. The van der Waals surface area contributed by atoms with E-state index in [1.807, 2.05) is 0 Å². The van der Waals surface area contributed by atoms with Crippen LogP contribution in [-0.4, -0.2) is 28.1 Å². The van der Waals surface area contributed by atoms with Gasteiger partial charge in [0.1, 0.15) is 10.3 Å². The lowest BCUT2D eigenvalue weighted by Crippen LogP contribution is -2.56. The van der Waals surface area contributed by atoms with Gasteiger partial charge in [-0.2, -0.15) is 0 Å². The lowest BCUT2D eigenvalue weighted by atomic mass is 9.77. The normalized spacial score (nSPS) is 17.4. The van der Waals surface area contributed by atoms with Gasteiger partial charge >= 0.3 is 0 Å². The van der Waals surface area contributed by atoms with E-state index in [1.165, 1.54) is 12.1 Å². The van der Waals surface area contributed by atoms with E-state index in [2.05, 4.69) is 10.3 Å². The van der Waals surface area contributed by atoms with Crippen molar-refractivity contribution in [2.24, 2.45) is 0 Å². The maximum atomic E-state index is 11.9. The number of amides is 1. The van der Waals surface area contributed by atoms with Crippen LogP contribution in [0.25, 0.3) is 0 Å². The fourth-order valence-electron chi connectivity index (χ4n) is 1.84. The summed E-state index contributed by atoms with van der Waals surface area (Å²) in [5.41, 5.74) is -0.117. The number of carbonyl (C=O) groups excluding carboxylic acids is 1. The molecule has 92 valence electrons. The highest BCUT2D eigenvalue weighted by Gasteiger charge is 2.37. The molecule has 1 fully saturated rings. The quantitative estimate of drug-likeness (QED) is 0.830. The van der Waals surface area contributed by atoms with Crippen molar-refractivity contribution in [1.82, 2.24) is 10.3 Å². The van der Waals surface area contributed by atoms with Crippen LogP contribution in [0.2, 0.25) is 10.3 Å². The second-order valence-corrected chi connectivity index (χ2v) is 5.02. The molecule has 1 aliphatic rings. The van der Waals surface area contributed by atoms with Gasteiger partial charge in [-0.25, -0.2) is 4.98 Å². The number of aromatic nitrogens is 1. The molecule has 2 N–H and O–H groups in total. The van der Waals surface area contributed by atoms with Crippen molar-refractivity contribution in [3.05, 3.63) is 28.0 Å². The molecular formula is C11H12Cl2N2O2. The minimum Gasteiger partial charge on any atom is -0.394 e. The topological polar surface area (TPSA) is 62.2 Å². The molecule has 1 aromatic rings. The first-order valence-electron chi connectivity index (χ1n) is 5.31. The summed E-state index contributed by atoms with van der Waals surface area (Å²) in [4.78, 5) is 15.7. The SMILES string of the molecule is O=C(NC1(CO)CCC1)c1cc(Cl)nc(Cl)c1. The lowest BCUT2D eigenvalue weighted by Gasteiger charge is -2.40. The Labute approximate surface area is 109 Å². The van der Waals surface area contributed by atoms with Crippen LogP contribution in [0, 0.1) is 0 Å². The molecular weight excluding hydrogens is 263 g/mol. The van der Waals surface area contributed by atoms with Crippen molar-refractivity contribution in [2.75, 3.05) is 6.61 Å². The molecule has 1 heterocycles. The van der Waals surface area contributed by atoms with E-state index >= 15 is 0 Å². The molecule has 4 nitrogen and oxygen atoms in total. The number of hydrogen-bond acceptors (Lipinski definition) is 3. The number of carbonyl (C=O) groups is 1. The standard InChI is InChI=1S/C11H12Cl2N2O2/c12-8-4-7(5-9(13)14-8)10(17)15-11(6-16)2-1-3-11/h4-5,16H,1-3,6H2,(H,15,17). The molecule has 0 saturated heterocycles. The van der Waals surface area contributed by atoms with E-state index < -0.39 is 5.54 Å². The van der Waals surface area contributed by atoms with Gasteiger partial charge in [0.25, 0.3) is 5.91 Å². The summed E-state index contributed by atoms with van der Waals surface area (Å²) in [5, 5.41) is 12.4. The smallest absolute Gasteiger partial charge is 0.252 e. The van der Waals surface area contributed by atoms with Crippen molar-refractivity contribution in [1.29, 1.82) is 0 Å². The lowest BCUT2D eigenvalue weighted by molar-refractivity contribution is 0.0641. The Morgan fingerprint density at radius 2 is 2.00 bits per heavy atom. The molecule has 0 spiro atoms. The van der Waals surface area contributed by atoms with Gasteiger partial charge in [0.2, 0.25) is 0 Å². The molecule has 1 amide bonds. The summed E-state index contributed by atoms with van der Waals surface area (Å²) in [6.45, 7) is -0.0503. The van der Waals surface area contributed by atoms with Crippen LogP contribution in [0.15, 0.2) is 12.1 Å². The molecule has 0 aliphatic heterocycles. The Hall–Kier alpha value is -0.840. The minimum atomic E-state index is -0.473. The molecule has 1 aromatic heterocycles. The predicted molar refractivity (Wildman–Crippen MR) is 65.4 cm³/mol. The van der Waals surface area contributed by atoms with E-state index in [1.54, 1.807) is 0 Å². The first-order chi connectivity index (χ1) is 8.04. The molecule has 2 rings (SSSR count). The zero-order chi connectivity index (χ0) is 12.5. The van der Waals surface area contributed by atoms with Crippen LogP contribution in [0.4, 0.5) is 0 Å². The number of hydrogen-bond donors (Lipinski definition) is 2. The number of halogens is 2. The number of aliphatic hydroxyl groups excluding tert-OH is 1. The third kappa shape index (κ3) is 2.70. The number of rotatable bonds is 3. The highest BCUT2D eigenvalue weighted by atomic mass is 35.5. The second-order valence-electron chi connectivity index (χ2n) is 4.25. The molecule has 0 radical (unpaired) electrons. The fraction of sp³-hybridized carbons (Fsp3) is 0.455. The second kappa shape index (κ2) is 4.80. The first-order valence-corrected chi connectivity index (χ1v) is 6.07. The average molecular weight is 275 g/mol. The van der Waals surface area contributed by atoms with Crippen molar-refractivity contribution < 1.29 is 9.90 Å². The number of pyridine rings is 1. The van der Waals surface area contributed by atoms with E-state index in [9.17, 15) is 9.90 Å². The predicted octanol–water partition coefficient (Wildman–Crippen LogP) is 2.03. The largest absolute Gasteiger partial charge is 0.394 e. The Kier molecular flexibility index (Phi) is 3.56. The summed E-state index contributed by atoms with van der Waals surface area (Å²) < 4.78 is 0.